The van der Waals surface area contributed by atoms with Crippen LogP contribution in [0.5, 0.6) is 5.75 Å². The third kappa shape index (κ3) is 4.50. The molecule has 1 N–H and O–H groups in total. The Bertz CT molecular complexity index is 1040. The van der Waals surface area contributed by atoms with E-state index in [1.807, 2.05) is 43.6 Å². The Balaban J connectivity index is 1.33. The summed E-state index contributed by atoms with van der Waals surface area (Å²) in [5.41, 5.74) is 2.06. The summed E-state index contributed by atoms with van der Waals surface area (Å²) in [6, 6.07) is 18.4. The number of fused-ring (bicyclic) bond motifs is 1. The average Bonchev–Trinajstić information content (AvgIpc) is 2.74. The molecule has 4 aromatic rings. The smallest absolute Gasteiger partial charge is 0.159 e. The van der Waals surface area contributed by atoms with Gasteiger partial charge in [-0.3, -0.25) is 4.98 Å². The van der Waals surface area contributed by atoms with Crippen LogP contribution in [0, 0.1) is 0 Å². The van der Waals surface area contributed by atoms with Gasteiger partial charge < -0.3 is 10.1 Å². The monoisotopic (exact) mass is 370 g/mol. The van der Waals surface area contributed by atoms with Crippen LogP contribution < -0.4 is 10.1 Å². The van der Waals surface area contributed by atoms with Gasteiger partial charge in [-0.1, -0.05) is 36.4 Å². The van der Waals surface area contributed by atoms with Crippen LogP contribution >= 0.6 is 0 Å². The number of nitrogens with zero attached hydrogens (tertiary/aromatic N) is 3. The fourth-order valence-electron chi connectivity index (χ4n) is 3.03. The van der Waals surface area contributed by atoms with Gasteiger partial charge in [0, 0.05) is 42.8 Å². The second-order valence-electron chi connectivity index (χ2n) is 6.72. The normalized spacial score (nSPS) is 12.0. The lowest BCUT2D eigenvalue weighted by Crippen LogP contribution is -2.28. The first kappa shape index (κ1) is 18.1. The molecule has 0 aliphatic carbocycles. The van der Waals surface area contributed by atoms with Crippen LogP contribution in [-0.4, -0.2) is 27.6 Å². The van der Waals surface area contributed by atoms with Crippen molar-refractivity contribution in [1.29, 1.82) is 0 Å². The molecule has 0 saturated carbocycles. The number of rotatable bonds is 7. The minimum atomic E-state index is 0.0435. The molecule has 0 fully saturated rings. The number of hydrogen-bond acceptors (Lipinski definition) is 5. The van der Waals surface area contributed by atoms with Gasteiger partial charge in [0.2, 0.25) is 0 Å². The molecule has 0 radical (unpaired) electrons. The van der Waals surface area contributed by atoms with E-state index in [9.17, 15) is 0 Å². The summed E-state index contributed by atoms with van der Waals surface area (Å²) < 4.78 is 5.81. The fourth-order valence-corrected chi connectivity index (χ4v) is 3.03. The van der Waals surface area contributed by atoms with E-state index in [0.29, 0.717) is 6.54 Å². The predicted octanol–water partition coefficient (Wildman–Crippen LogP) is 4.25. The Hall–Kier alpha value is -3.31. The van der Waals surface area contributed by atoms with Gasteiger partial charge in [0.25, 0.3) is 0 Å². The maximum absolute atomic E-state index is 5.81. The third-order valence-electron chi connectivity index (χ3n) is 4.45. The lowest BCUT2D eigenvalue weighted by atomic mass is 10.1. The zero-order valence-electron chi connectivity index (χ0n) is 15.7. The molecule has 0 saturated heterocycles. The van der Waals surface area contributed by atoms with Crippen LogP contribution in [0.3, 0.4) is 0 Å². The number of pyridine rings is 1. The third-order valence-corrected chi connectivity index (χ3v) is 4.45. The van der Waals surface area contributed by atoms with Gasteiger partial charge in [-0.25, -0.2) is 9.97 Å². The van der Waals surface area contributed by atoms with Crippen LogP contribution in [0.15, 0.2) is 79.4 Å². The molecule has 5 nitrogen and oxygen atoms in total. The summed E-state index contributed by atoms with van der Waals surface area (Å²) in [6.45, 7) is 3.44. The fraction of sp³-hybridized carbons (Fsp3) is 0.174. The van der Waals surface area contributed by atoms with E-state index < -0.39 is 0 Å². The van der Waals surface area contributed by atoms with E-state index in [4.69, 9.17) is 4.74 Å². The van der Waals surface area contributed by atoms with Crippen molar-refractivity contribution in [2.24, 2.45) is 0 Å². The molecular weight excluding hydrogens is 348 g/mol. The van der Waals surface area contributed by atoms with E-state index in [0.717, 1.165) is 29.2 Å². The maximum atomic E-state index is 5.81. The highest BCUT2D eigenvalue weighted by molar-refractivity contribution is 5.86. The molecule has 2 heterocycles. The molecular formula is C23H22N4O. The summed E-state index contributed by atoms with van der Waals surface area (Å²) in [7, 11) is 0. The first-order valence-electron chi connectivity index (χ1n) is 9.35. The predicted molar refractivity (Wildman–Crippen MR) is 111 cm³/mol. The molecule has 0 aliphatic rings. The SMILES string of the molecule is CC(CNCc1cnc(-c2ccc3ccccc3c2)nc1)Oc1cccnc1. The van der Waals surface area contributed by atoms with E-state index in [1.54, 1.807) is 12.4 Å². The van der Waals surface area contributed by atoms with Crippen LogP contribution in [0.1, 0.15) is 12.5 Å². The highest BCUT2D eigenvalue weighted by Crippen LogP contribution is 2.21. The van der Waals surface area contributed by atoms with Crippen molar-refractivity contribution in [2.45, 2.75) is 19.6 Å². The quantitative estimate of drug-likeness (QED) is 0.527. The molecule has 0 amide bonds. The van der Waals surface area contributed by atoms with Crippen LogP contribution in [-0.2, 0) is 6.54 Å². The average molecular weight is 370 g/mol. The molecule has 4 rings (SSSR count). The van der Waals surface area contributed by atoms with Gasteiger partial charge in [-0.2, -0.15) is 0 Å². The number of nitrogens with one attached hydrogen (secondary N) is 1. The van der Waals surface area contributed by atoms with Gasteiger partial charge in [0.15, 0.2) is 5.82 Å². The van der Waals surface area contributed by atoms with Crippen molar-refractivity contribution in [2.75, 3.05) is 6.54 Å². The molecule has 0 bridgehead atoms. The largest absolute Gasteiger partial charge is 0.488 e. The Morgan fingerprint density at radius 2 is 1.75 bits per heavy atom. The van der Waals surface area contributed by atoms with E-state index in [-0.39, 0.29) is 6.10 Å². The van der Waals surface area contributed by atoms with Crippen molar-refractivity contribution >= 4 is 10.8 Å². The van der Waals surface area contributed by atoms with Gasteiger partial charge >= 0.3 is 0 Å². The van der Waals surface area contributed by atoms with E-state index >= 15 is 0 Å². The van der Waals surface area contributed by atoms with Gasteiger partial charge in [0.1, 0.15) is 11.9 Å². The second kappa shape index (κ2) is 8.59. The van der Waals surface area contributed by atoms with Gasteiger partial charge in [-0.05, 0) is 35.9 Å². The van der Waals surface area contributed by atoms with Crippen molar-refractivity contribution in [3.05, 3.63) is 84.9 Å². The number of aromatic nitrogens is 3. The standard InChI is InChI=1S/C23H22N4O/c1-17(28-22-7-4-10-24-16-22)12-25-13-18-14-26-23(27-15-18)21-9-8-19-5-2-3-6-20(19)11-21/h2-11,14-17,25H,12-13H2,1H3. The first-order chi connectivity index (χ1) is 13.8. The minimum absolute atomic E-state index is 0.0435. The minimum Gasteiger partial charge on any atom is -0.488 e. The highest BCUT2D eigenvalue weighted by atomic mass is 16.5. The van der Waals surface area contributed by atoms with Crippen LogP contribution in [0.2, 0.25) is 0 Å². The second-order valence-corrected chi connectivity index (χ2v) is 6.72. The molecule has 5 heteroatoms. The Morgan fingerprint density at radius 3 is 2.54 bits per heavy atom. The van der Waals surface area contributed by atoms with Crippen molar-refractivity contribution in [3.8, 4) is 17.1 Å². The lowest BCUT2D eigenvalue weighted by Gasteiger charge is -2.15. The van der Waals surface area contributed by atoms with E-state index in [1.165, 1.54) is 10.8 Å². The molecule has 0 spiro atoms. The topological polar surface area (TPSA) is 59.9 Å². The maximum Gasteiger partial charge on any atom is 0.159 e. The molecule has 28 heavy (non-hydrogen) atoms. The molecule has 1 atom stereocenters. The molecule has 0 aliphatic heterocycles. The van der Waals surface area contributed by atoms with Crippen molar-refractivity contribution < 1.29 is 4.74 Å². The van der Waals surface area contributed by atoms with Gasteiger partial charge in [-0.15, -0.1) is 0 Å². The summed E-state index contributed by atoms with van der Waals surface area (Å²) in [4.78, 5) is 13.1. The summed E-state index contributed by atoms with van der Waals surface area (Å²) in [5, 5.41) is 5.79. The highest BCUT2D eigenvalue weighted by Gasteiger charge is 2.06. The lowest BCUT2D eigenvalue weighted by molar-refractivity contribution is 0.216. The zero-order chi connectivity index (χ0) is 19.2. The Labute approximate surface area is 164 Å². The molecule has 140 valence electrons. The molecule has 2 aromatic heterocycles. The molecule has 2 aromatic carbocycles. The Kier molecular flexibility index (Phi) is 5.54. The summed E-state index contributed by atoms with van der Waals surface area (Å²) in [5.74, 6) is 1.52. The first-order valence-corrected chi connectivity index (χ1v) is 9.35. The van der Waals surface area contributed by atoms with Crippen LogP contribution in [0.25, 0.3) is 22.2 Å². The number of ether oxygens (including phenoxy) is 1. The van der Waals surface area contributed by atoms with Crippen molar-refractivity contribution in [3.63, 3.8) is 0 Å². The van der Waals surface area contributed by atoms with E-state index in [2.05, 4.69) is 50.6 Å². The Morgan fingerprint density at radius 1 is 0.929 bits per heavy atom. The van der Waals surface area contributed by atoms with Crippen molar-refractivity contribution in [1.82, 2.24) is 20.3 Å². The number of benzene rings is 2. The molecule has 1 unspecified atom stereocenters. The van der Waals surface area contributed by atoms with Crippen LogP contribution in [0.4, 0.5) is 0 Å². The zero-order valence-corrected chi connectivity index (χ0v) is 15.7. The summed E-state index contributed by atoms with van der Waals surface area (Å²) >= 11 is 0. The number of hydrogen-bond donors (Lipinski definition) is 1. The summed E-state index contributed by atoms with van der Waals surface area (Å²) in [6.07, 6.45) is 7.24. The van der Waals surface area contributed by atoms with Gasteiger partial charge in [0.05, 0.1) is 6.20 Å².